The number of hydrogen-bond acceptors (Lipinski definition) is 3. The second kappa shape index (κ2) is 10.0. The van der Waals surface area contributed by atoms with Crippen LogP contribution in [0.5, 0.6) is 5.75 Å². The van der Waals surface area contributed by atoms with Crippen LogP contribution in [0.3, 0.4) is 0 Å². The number of nitrogens with one attached hydrogen (secondary N) is 1. The van der Waals surface area contributed by atoms with Gasteiger partial charge in [-0.05, 0) is 24.1 Å². The minimum atomic E-state index is -0.316. The van der Waals surface area contributed by atoms with Gasteiger partial charge in [0.05, 0.1) is 7.11 Å². The van der Waals surface area contributed by atoms with Gasteiger partial charge in [0.1, 0.15) is 0 Å². The van der Waals surface area contributed by atoms with E-state index < -0.39 is 0 Å². The fraction of sp³-hybridized carbons (Fsp3) is 0.467. The number of benzene rings is 1. The lowest BCUT2D eigenvalue weighted by Crippen LogP contribution is -2.45. The van der Waals surface area contributed by atoms with Crippen molar-refractivity contribution < 1.29 is 9.13 Å². The van der Waals surface area contributed by atoms with E-state index in [1.54, 1.807) is 6.07 Å². The molecule has 0 aromatic heterocycles. The van der Waals surface area contributed by atoms with E-state index in [9.17, 15) is 4.39 Å². The number of piperazine rings is 1. The van der Waals surface area contributed by atoms with Crippen molar-refractivity contribution in [2.45, 2.75) is 12.5 Å². The summed E-state index contributed by atoms with van der Waals surface area (Å²) in [5, 5.41) is 3.34. The Balaban J connectivity index is 0.00000200. The Morgan fingerprint density at radius 3 is 2.62 bits per heavy atom. The SMILES string of the molecule is C=CC[C@@H](c1ccc(F)c(OC)c1)N1CCNCC1.Cl.Cl. The Hall–Kier alpha value is -0.810. The molecule has 1 aliphatic rings. The molecule has 1 fully saturated rings. The Kier molecular flexibility index (Phi) is 9.62. The number of ether oxygens (including phenoxy) is 1. The summed E-state index contributed by atoms with van der Waals surface area (Å²) in [4.78, 5) is 2.41. The zero-order valence-corrected chi connectivity index (χ0v) is 13.8. The number of nitrogens with zero attached hydrogens (tertiary/aromatic N) is 1. The Morgan fingerprint density at radius 1 is 1.38 bits per heavy atom. The van der Waals surface area contributed by atoms with Gasteiger partial charge in [-0.2, -0.15) is 0 Å². The second-order valence-electron chi connectivity index (χ2n) is 4.72. The van der Waals surface area contributed by atoms with E-state index >= 15 is 0 Å². The summed E-state index contributed by atoms with van der Waals surface area (Å²) in [5.41, 5.74) is 1.08. The number of methoxy groups -OCH3 is 1. The summed E-state index contributed by atoms with van der Waals surface area (Å²) in [7, 11) is 1.50. The topological polar surface area (TPSA) is 24.5 Å². The van der Waals surface area contributed by atoms with Crippen molar-refractivity contribution in [2.24, 2.45) is 0 Å². The monoisotopic (exact) mass is 336 g/mol. The molecule has 6 heteroatoms. The molecule has 1 N–H and O–H groups in total. The fourth-order valence-corrected chi connectivity index (χ4v) is 2.53. The van der Waals surface area contributed by atoms with Gasteiger partial charge in [0.2, 0.25) is 0 Å². The first-order chi connectivity index (χ1) is 9.26. The third-order valence-corrected chi connectivity index (χ3v) is 3.54. The van der Waals surface area contributed by atoms with E-state index in [1.165, 1.54) is 13.2 Å². The Bertz CT molecular complexity index is 440. The van der Waals surface area contributed by atoms with Crippen molar-refractivity contribution in [2.75, 3.05) is 33.3 Å². The van der Waals surface area contributed by atoms with Gasteiger partial charge in [0.25, 0.3) is 0 Å². The molecule has 1 saturated heterocycles. The van der Waals surface area contributed by atoms with Crippen molar-refractivity contribution >= 4 is 24.8 Å². The summed E-state index contributed by atoms with van der Waals surface area (Å²) >= 11 is 0. The zero-order chi connectivity index (χ0) is 13.7. The van der Waals surface area contributed by atoms with Crippen molar-refractivity contribution in [3.63, 3.8) is 0 Å². The molecule has 1 heterocycles. The average molecular weight is 337 g/mol. The highest BCUT2D eigenvalue weighted by Crippen LogP contribution is 2.29. The van der Waals surface area contributed by atoms with E-state index in [2.05, 4.69) is 16.8 Å². The molecule has 0 aliphatic carbocycles. The molecular weight excluding hydrogens is 314 g/mol. The van der Waals surface area contributed by atoms with Gasteiger partial charge in [-0.15, -0.1) is 31.4 Å². The molecule has 0 bridgehead atoms. The lowest BCUT2D eigenvalue weighted by atomic mass is 10.0. The van der Waals surface area contributed by atoms with Crippen LogP contribution >= 0.6 is 24.8 Å². The molecule has 0 unspecified atom stereocenters. The molecule has 120 valence electrons. The molecular formula is C15H23Cl2FN2O. The number of rotatable bonds is 5. The van der Waals surface area contributed by atoms with Gasteiger partial charge < -0.3 is 10.1 Å². The normalized spacial score (nSPS) is 16.3. The van der Waals surface area contributed by atoms with E-state index in [0.29, 0.717) is 5.75 Å². The van der Waals surface area contributed by atoms with Crippen LogP contribution in [0.4, 0.5) is 4.39 Å². The maximum Gasteiger partial charge on any atom is 0.165 e. The highest BCUT2D eigenvalue weighted by molar-refractivity contribution is 5.85. The van der Waals surface area contributed by atoms with E-state index in [-0.39, 0.29) is 36.7 Å². The van der Waals surface area contributed by atoms with Crippen molar-refractivity contribution in [3.8, 4) is 5.75 Å². The molecule has 0 radical (unpaired) electrons. The van der Waals surface area contributed by atoms with E-state index in [4.69, 9.17) is 4.74 Å². The highest BCUT2D eigenvalue weighted by atomic mass is 35.5. The van der Waals surface area contributed by atoms with Crippen LogP contribution in [0, 0.1) is 5.82 Å². The fourth-order valence-electron chi connectivity index (χ4n) is 2.53. The minimum absolute atomic E-state index is 0. The summed E-state index contributed by atoms with van der Waals surface area (Å²) in [6.07, 6.45) is 2.78. The molecule has 21 heavy (non-hydrogen) atoms. The first-order valence-electron chi connectivity index (χ1n) is 6.65. The third kappa shape index (κ3) is 5.15. The van der Waals surface area contributed by atoms with E-state index in [0.717, 1.165) is 38.2 Å². The summed E-state index contributed by atoms with van der Waals surface area (Å²) < 4.78 is 18.6. The van der Waals surface area contributed by atoms with Crippen molar-refractivity contribution in [1.82, 2.24) is 10.2 Å². The lowest BCUT2D eigenvalue weighted by Gasteiger charge is -2.35. The largest absolute Gasteiger partial charge is 0.494 e. The number of halogens is 3. The maximum atomic E-state index is 13.5. The smallest absolute Gasteiger partial charge is 0.165 e. The summed E-state index contributed by atoms with van der Waals surface area (Å²) in [6.45, 7) is 7.81. The molecule has 1 atom stereocenters. The first kappa shape index (κ1) is 20.2. The van der Waals surface area contributed by atoms with E-state index in [1.807, 2.05) is 12.1 Å². The van der Waals surface area contributed by atoms with Crippen molar-refractivity contribution in [1.29, 1.82) is 0 Å². The number of hydrogen-bond donors (Lipinski definition) is 1. The van der Waals surface area contributed by atoms with Gasteiger partial charge in [-0.3, -0.25) is 4.90 Å². The van der Waals surface area contributed by atoms with Crippen LogP contribution in [0.2, 0.25) is 0 Å². The minimum Gasteiger partial charge on any atom is -0.494 e. The van der Waals surface area contributed by atoms with Gasteiger partial charge >= 0.3 is 0 Å². The van der Waals surface area contributed by atoms with Gasteiger partial charge in [-0.25, -0.2) is 4.39 Å². The molecule has 3 nitrogen and oxygen atoms in total. The lowest BCUT2D eigenvalue weighted by molar-refractivity contribution is 0.174. The van der Waals surface area contributed by atoms with Gasteiger partial charge in [-0.1, -0.05) is 12.1 Å². The van der Waals surface area contributed by atoms with Crippen LogP contribution in [-0.4, -0.2) is 38.2 Å². The third-order valence-electron chi connectivity index (χ3n) is 3.54. The molecule has 2 rings (SSSR count). The summed E-state index contributed by atoms with van der Waals surface area (Å²) in [6, 6.07) is 5.36. The molecule has 1 aromatic rings. The predicted octanol–water partition coefficient (Wildman–Crippen LogP) is 3.20. The zero-order valence-electron chi connectivity index (χ0n) is 12.2. The van der Waals surface area contributed by atoms with Gasteiger partial charge in [0, 0.05) is 32.2 Å². The molecule has 0 amide bonds. The first-order valence-corrected chi connectivity index (χ1v) is 6.65. The highest BCUT2D eigenvalue weighted by Gasteiger charge is 2.22. The second-order valence-corrected chi connectivity index (χ2v) is 4.72. The molecule has 0 saturated carbocycles. The molecule has 1 aromatic carbocycles. The maximum absolute atomic E-state index is 13.5. The Morgan fingerprint density at radius 2 is 2.05 bits per heavy atom. The van der Waals surface area contributed by atoms with Crippen LogP contribution in [0.15, 0.2) is 30.9 Å². The quantitative estimate of drug-likeness (QED) is 0.835. The van der Waals surface area contributed by atoms with Crippen LogP contribution in [0.1, 0.15) is 18.0 Å². The van der Waals surface area contributed by atoms with Crippen LogP contribution in [-0.2, 0) is 0 Å². The standard InChI is InChI=1S/C15H21FN2O.2ClH/c1-3-4-14(18-9-7-17-8-10-18)12-5-6-13(16)15(11-12)19-2;;/h3,5-6,11,14,17H,1,4,7-10H2,2H3;2*1H/t14-;;/m0../s1. The van der Waals surface area contributed by atoms with Crippen molar-refractivity contribution in [3.05, 3.63) is 42.2 Å². The summed E-state index contributed by atoms with van der Waals surface area (Å²) in [5.74, 6) is -0.00869. The Labute approximate surface area is 138 Å². The molecule has 0 spiro atoms. The van der Waals surface area contributed by atoms with Crippen LogP contribution in [0.25, 0.3) is 0 Å². The van der Waals surface area contributed by atoms with Gasteiger partial charge in [0.15, 0.2) is 11.6 Å². The molecule has 1 aliphatic heterocycles. The predicted molar refractivity (Wildman–Crippen MR) is 89.4 cm³/mol. The van der Waals surface area contributed by atoms with Crippen LogP contribution < -0.4 is 10.1 Å². The average Bonchev–Trinajstić information content (AvgIpc) is 2.46.